The molecule has 1 aromatic carbocycles. The molecule has 0 atom stereocenters. The molecule has 0 saturated carbocycles. The van der Waals surface area contributed by atoms with E-state index in [1.165, 1.54) is 48.5 Å². The summed E-state index contributed by atoms with van der Waals surface area (Å²) in [5.41, 5.74) is 0.447. The third-order valence-corrected chi connectivity index (χ3v) is 6.63. The van der Waals surface area contributed by atoms with E-state index < -0.39 is 15.9 Å². The highest BCUT2D eigenvalue weighted by Gasteiger charge is 2.20. The van der Waals surface area contributed by atoms with Crippen molar-refractivity contribution in [2.24, 2.45) is 0 Å². The zero-order valence-corrected chi connectivity index (χ0v) is 16.7. The van der Waals surface area contributed by atoms with Crippen LogP contribution in [0.3, 0.4) is 0 Å². The van der Waals surface area contributed by atoms with Gasteiger partial charge in [-0.05, 0) is 36.7 Å². The van der Waals surface area contributed by atoms with Gasteiger partial charge in [-0.15, -0.1) is 11.3 Å². The van der Waals surface area contributed by atoms with E-state index in [9.17, 15) is 18.0 Å². The third kappa shape index (κ3) is 3.88. The van der Waals surface area contributed by atoms with Crippen molar-refractivity contribution in [3.63, 3.8) is 0 Å². The molecule has 11 heteroatoms. The lowest BCUT2D eigenvalue weighted by Crippen LogP contribution is -2.28. The van der Waals surface area contributed by atoms with Crippen molar-refractivity contribution in [1.29, 1.82) is 0 Å². The number of aromatic nitrogens is 2. The van der Waals surface area contributed by atoms with Crippen LogP contribution >= 0.6 is 22.9 Å². The number of carbonyl (C=O) groups is 1. The molecular formula is C16H15ClN4O4S2. The number of nitrogens with zero attached hydrogens (tertiary/aromatic N) is 2. The van der Waals surface area contributed by atoms with Gasteiger partial charge < -0.3 is 9.88 Å². The average molecular weight is 427 g/mol. The molecule has 0 aliphatic heterocycles. The first-order valence-corrected chi connectivity index (χ1v) is 10.4. The average Bonchev–Trinajstić information content (AvgIpc) is 3.10. The van der Waals surface area contributed by atoms with E-state index in [1.807, 2.05) is 0 Å². The van der Waals surface area contributed by atoms with Crippen LogP contribution in [0, 0.1) is 0 Å². The Bertz CT molecular complexity index is 1190. The van der Waals surface area contributed by atoms with Gasteiger partial charge in [-0.1, -0.05) is 11.6 Å². The van der Waals surface area contributed by atoms with Crippen molar-refractivity contribution >= 4 is 49.1 Å². The third-order valence-electron chi connectivity index (χ3n) is 3.83. The topological polar surface area (TPSA) is 112 Å². The van der Waals surface area contributed by atoms with Crippen molar-refractivity contribution in [1.82, 2.24) is 19.6 Å². The quantitative estimate of drug-likeness (QED) is 0.646. The molecular weight excluding hydrogens is 412 g/mol. The lowest BCUT2D eigenvalue weighted by Gasteiger charge is -2.17. The smallest absolute Gasteiger partial charge is 0.268 e. The number of sulfonamides is 1. The fourth-order valence-corrected chi connectivity index (χ4v) is 4.44. The first-order chi connectivity index (χ1) is 12.7. The molecule has 27 heavy (non-hydrogen) atoms. The second kappa shape index (κ2) is 7.39. The van der Waals surface area contributed by atoms with E-state index in [2.05, 4.69) is 14.7 Å². The number of fused-ring (bicyclic) bond motifs is 1. The summed E-state index contributed by atoms with van der Waals surface area (Å²) in [5, 5.41) is 1.78. The number of rotatable bonds is 5. The van der Waals surface area contributed by atoms with Crippen LogP contribution < -0.4 is 10.3 Å². The summed E-state index contributed by atoms with van der Waals surface area (Å²) >= 11 is 7.23. The Morgan fingerprint density at radius 2 is 2.11 bits per heavy atom. The summed E-state index contributed by atoms with van der Waals surface area (Å²) in [6, 6.07) is 5.73. The molecule has 0 saturated heterocycles. The normalized spacial score (nSPS) is 11.7. The van der Waals surface area contributed by atoms with E-state index in [0.717, 1.165) is 0 Å². The molecule has 8 nitrogen and oxygen atoms in total. The molecule has 0 bridgehead atoms. The number of hydrogen-bond acceptors (Lipinski definition) is 6. The van der Waals surface area contributed by atoms with Crippen molar-refractivity contribution < 1.29 is 13.2 Å². The van der Waals surface area contributed by atoms with Gasteiger partial charge in [0.1, 0.15) is 15.4 Å². The minimum absolute atomic E-state index is 0.0115. The van der Waals surface area contributed by atoms with E-state index >= 15 is 0 Å². The Balaban J connectivity index is 1.89. The van der Waals surface area contributed by atoms with Gasteiger partial charge in [0, 0.05) is 12.6 Å². The van der Waals surface area contributed by atoms with Crippen molar-refractivity contribution in [2.75, 3.05) is 14.1 Å². The SMILES string of the molecule is CNS(=O)(=O)c1cc(C(=O)N(C)Cc2nc3ccsc3c(=O)[nH]2)ccc1Cl. The van der Waals surface area contributed by atoms with Gasteiger partial charge >= 0.3 is 0 Å². The lowest BCUT2D eigenvalue weighted by atomic mass is 10.2. The van der Waals surface area contributed by atoms with E-state index in [4.69, 9.17) is 11.6 Å². The summed E-state index contributed by atoms with van der Waals surface area (Å²) in [6.07, 6.45) is 0. The van der Waals surface area contributed by atoms with Crippen molar-refractivity contribution in [2.45, 2.75) is 11.4 Å². The van der Waals surface area contributed by atoms with Crippen LogP contribution in [-0.4, -0.2) is 43.3 Å². The summed E-state index contributed by atoms with van der Waals surface area (Å²) in [7, 11) is -1.02. The fourth-order valence-electron chi connectivity index (χ4n) is 2.47. The predicted octanol–water partition coefficient (Wildman–Crippen LogP) is 1.82. The zero-order chi connectivity index (χ0) is 19.8. The number of thiophene rings is 1. The number of benzene rings is 1. The number of aromatic amines is 1. The van der Waals surface area contributed by atoms with Gasteiger partial charge in [0.05, 0.1) is 17.1 Å². The maximum Gasteiger partial charge on any atom is 0.268 e. The Labute approximate surface area is 163 Å². The molecule has 2 heterocycles. The lowest BCUT2D eigenvalue weighted by molar-refractivity contribution is 0.0781. The van der Waals surface area contributed by atoms with Crippen LogP contribution in [-0.2, 0) is 16.6 Å². The molecule has 0 aliphatic carbocycles. The first-order valence-electron chi connectivity index (χ1n) is 7.68. The van der Waals surface area contributed by atoms with Crippen LogP contribution in [0.15, 0.2) is 39.3 Å². The van der Waals surface area contributed by atoms with E-state index in [0.29, 0.717) is 16.0 Å². The Kier molecular flexibility index (Phi) is 5.33. The Morgan fingerprint density at radius 1 is 1.37 bits per heavy atom. The van der Waals surface area contributed by atoms with Gasteiger partial charge in [0.25, 0.3) is 11.5 Å². The first kappa shape index (κ1) is 19.5. The molecule has 0 aliphatic rings. The van der Waals surface area contributed by atoms with Crippen LogP contribution in [0.1, 0.15) is 16.2 Å². The van der Waals surface area contributed by atoms with E-state index in [-0.39, 0.29) is 27.6 Å². The van der Waals surface area contributed by atoms with Gasteiger partial charge in [0.2, 0.25) is 10.0 Å². The summed E-state index contributed by atoms with van der Waals surface area (Å²) in [4.78, 5) is 32.8. The highest BCUT2D eigenvalue weighted by Crippen LogP contribution is 2.23. The van der Waals surface area contributed by atoms with Gasteiger partial charge in [-0.25, -0.2) is 18.1 Å². The Hall–Kier alpha value is -2.27. The highest BCUT2D eigenvalue weighted by molar-refractivity contribution is 7.89. The van der Waals surface area contributed by atoms with Gasteiger partial charge in [-0.3, -0.25) is 9.59 Å². The number of nitrogens with one attached hydrogen (secondary N) is 2. The molecule has 0 radical (unpaired) electrons. The van der Waals surface area contributed by atoms with Crippen LogP contribution in [0.5, 0.6) is 0 Å². The number of hydrogen-bond donors (Lipinski definition) is 2. The van der Waals surface area contributed by atoms with Crippen LogP contribution in [0.4, 0.5) is 0 Å². The molecule has 2 N–H and O–H groups in total. The minimum Gasteiger partial charge on any atom is -0.334 e. The predicted molar refractivity (Wildman–Crippen MR) is 104 cm³/mol. The van der Waals surface area contributed by atoms with Gasteiger partial charge in [-0.2, -0.15) is 0 Å². The van der Waals surface area contributed by atoms with Crippen molar-refractivity contribution in [3.05, 3.63) is 56.4 Å². The molecule has 3 aromatic rings. The number of carbonyl (C=O) groups excluding carboxylic acids is 1. The second-order valence-electron chi connectivity index (χ2n) is 5.66. The monoisotopic (exact) mass is 426 g/mol. The maximum absolute atomic E-state index is 12.7. The summed E-state index contributed by atoms with van der Waals surface area (Å²) in [6.45, 7) is 0.0522. The molecule has 2 aromatic heterocycles. The largest absolute Gasteiger partial charge is 0.334 e. The molecule has 0 fully saturated rings. The molecule has 3 rings (SSSR count). The van der Waals surface area contributed by atoms with E-state index in [1.54, 1.807) is 11.4 Å². The fraction of sp³-hybridized carbons (Fsp3) is 0.188. The number of amides is 1. The standard InChI is InChI=1S/C16H15ClN4O4S2/c1-18-27(24,25)12-7-9(3-4-10(12)17)16(23)21(2)8-13-19-11-5-6-26-14(11)15(22)20-13/h3-7,18H,8H2,1-2H3,(H,19,20,22). The van der Waals surface area contributed by atoms with Crippen LogP contribution in [0.2, 0.25) is 5.02 Å². The number of halogens is 1. The molecule has 0 spiro atoms. The highest BCUT2D eigenvalue weighted by atomic mass is 35.5. The molecule has 142 valence electrons. The number of H-pyrrole nitrogens is 1. The minimum atomic E-state index is -3.80. The van der Waals surface area contributed by atoms with Gasteiger partial charge in [0.15, 0.2) is 0 Å². The second-order valence-corrected chi connectivity index (χ2v) is 8.84. The molecule has 0 unspecified atom stereocenters. The van der Waals surface area contributed by atoms with Crippen LogP contribution in [0.25, 0.3) is 10.2 Å². The molecule has 1 amide bonds. The zero-order valence-electron chi connectivity index (χ0n) is 14.3. The Morgan fingerprint density at radius 3 is 2.81 bits per heavy atom. The summed E-state index contributed by atoms with van der Waals surface area (Å²) in [5.74, 6) is -0.105. The van der Waals surface area contributed by atoms with Crippen molar-refractivity contribution in [3.8, 4) is 0 Å². The maximum atomic E-state index is 12.7. The summed E-state index contributed by atoms with van der Waals surface area (Å²) < 4.78 is 26.7.